The summed E-state index contributed by atoms with van der Waals surface area (Å²) in [6.45, 7) is 1.52. The molecule has 0 unspecified atom stereocenters. The fourth-order valence-corrected chi connectivity index (χ4v) is 3.76. The summed E-state index contributed by atoms with van der Waals surface area (Å²) in [6, 6.07) is 7.71. The number of carboxylic acids is 1. The van der Waals surface area contributed by atoms with Gasteiger partial charge in [-0.25, -0.2) is 0 Å². The van der Waals surface area contributed by atoms with Crippen molar-refractivity contribution in [3.8, 4) is 0 Å². The van der Waals surface area contributed by atoms with E-state index in [4.69, 9.17) is 21.4 Å². The lowest BCUT2D eigenvalue weighted by atomic mass is 10.0. The average molecular weight is 352 g/mol. The quantitative estimate of drug-likeness (QED) is 0.855. The van der Waals surface area contributed by atoms with Crippen LogP contribution >= 0.6 is 11.6 Å². The predicted molar refractivity (Wildman–Crippen MR) is 90.1 cm³/mol. The monoisotopic (exact) mass is 351 g/mol. The Hall–Kier alpha value is -1.59. The number of nitrogens with zero attached hydrogens (tertiary/aromatic N) is 1. The summed E-state index contributed by atoms with van der Waals surface area (Å²) in [5.74, 6) is -0.744. The van der Waals surface area contributed by atoms with Crippen molar-refractivity contribution in [2.75, 3.05) is 19.8 Å². The molecule has 24 heavy (non-hydrogen) atoms. The molecule has 1 aliphatic carbocycles. The van der Waals surface area contributed by atoms with Crippen LogP contribution in [0.15, 0.2) is 24.3 Å². The van der Waals surface area contributed by atoms with Gasteiger partial charge in [0.1, 0.15) is 0 Å². The third-order valence-corrected chi connectivity index (χ3v) is 5.24. The maximum atomic E-state index is 13.0. The van der Waals surface area contributed by atoms with E-state index in [-0.39, 0.29) is 36.8 Å². The molecule has 1 heterocycles. The van der Waals surface area contributed by atoms with Gasteiger partial charge in [0, 0.05) is 36.7 Å². The molecule has 1 saturated heterocycles. The SMILES string of the molecule is O=C(O)CCN(C(=O)[C@@H]1C[C@H]1c1ccccc1Cl)C1CCOCC1. The molecule has 6 heteroatoms. The first kappa shape index (κ1) is 17.2. The zero-order valence-corrected chi connectivity index (χ0v) is 14.2. The summed E-state index contributed by atoms with van der Waals surface area (Å²) in [7, 11) is 0. The van der Waals surface area contributed by atoms with Crippen LogP contribution < -0.4 is 0 Å². The first-order chi connectivity index (χ1) is 11.6. The first-order valence-electron chi connectivity index (χ1n) is 8.42. The Balaban J connectivity index is 1.69. The number of hydrogen-bond donors (Lipinski definition) is 1. The fourth-order valence-electron chi connectivity index (χ4n) is 3.49. The molecule has 5 nitrogen and oxygen atoms in total. The van der Waals surface area contributed by atoms with E-state index in [0.717, 1.165) is 24.8 Å². The van der Waals surface area contributed by atoms with E-state index >= 15 is 0 Å². The smallest absolute Gasteiger partial charge is 0.305 e. The minimum absolute atomic E-state index is 0.0213. The largest absolute Gasteiger partial charge is 0.481 e. The number of aliphatic carboxylic acids is 1. The van der Waals surface area contributed by atoms with Crippen LogP contribution in [0, 0.1) is 5.92 Å². The number of hydrogen-bond acceptors (Lipinski definition) is 3. The molecule has 1 aromatic carbocycles. The lowest BCUT2D eigenvalue weighted by Crippen LogP contribution is -2.45. The standard InChI is InChI=1S/C18H22ClNO4/c19-16-4-2-1-3-13(16)14-11-15(14)18(23)20(8-5-17(21)22)12-6-9-24-10-7-12/h1-4,12,14-15H,5-11H2,(H,21,22)/t14-,15+/m0/s1. The highest BCUT2D eigenvalue weighted by atomic mass is 35.5. The maximum absolute atomic E-state index is 13.0. The van der Waals surface area contributed by atoms with Crippen molar-refractivity contribution in [2.45, 2.75) is 37.6 Å². The average Bonchev–Trinajstić information content (AvgIpc) is 3.36. The predicted octanol–water partition coefficient (Wildman–Crippen LogP) is 2.93. The van der Waals surface area contributed by atoms with Crippen LogP contribution in [0.3, 0.4) is 0 Å². The number of carbonyl (C=O) groups is 2. The Kier molecular flexibility index (Phi) is 5.41. The molecule has 1 saturated carbocycles. The lowest BCUT2D eigenvalue weighted by molar-refractivity contribution is -0.141. The molecular formula is C18H22ClNO4. The van der Waals surface area contributed by atoms with E-state index in [1.807, 2.05) is 24.3 Å². The van der Waals surface area contributed by atoms with Gasteiger partial charge >= 0.3 is 5.97 Å². The van der Waals surface area contributed by atoms with Crippen molar-refractivity contribution in [3.05, 3.63) is 34.9 Å². The topological polar surface area (TPSA) is 66.8 Å². The van der Waals surface area contributed by atoms with Gasteiger partial charge in [0.25, 0.3) is 0 Å². The van der Waals surface area contributed by atoms with E-state index in [0.29, 0.717) is 18.2 Å². The second-order valence-electron chi connectivity index (χ2n) is 6.49. The molecular weight excluding hydrogens is 330 g/mol. The zero-order valence-electron chi connectivity index (χ0n) is 13.5. The number of carbonyl (C=O) groups excluding carboxylic acids is 1. The van der Waals surface area contributed by atoms with E-state index in [1.165, 1.54) is 0 Å². The highest BCUT2D eigenvalue weighted by Crippen LogP contribution is 2.50. The molecule has 0 radical (unpaired) electrons. The van der Waals surface area contributed by atoms with Gasteiger partial charge in [-0.05, 0) is 36.8 Å². The second-order valence-corrected chi connectivity index (χ2v) is 6.90. The third-order valence-electron chi connectivity index (χ3n) is 4.89. The Bertz CT molecular complexity index is 615. The molecule has 130 valence electrons. The highest BCUT2D eigenvalue weighted by Gasteiger charge is 2.47. The molecule has 1 amide bonds. The van der Waals surface area contributed by atoms with E-state index in [9.17, 15) is 9.59 Å². The van der Waals surface area contributed by atoms with Gasteiger partial charge in [-0.15, -0.1) is 0 Å². The van der Waals surface area contributed by atoms with E-state index in [1.54, 1.807) is 4.90 Å². The third kappa shape index (κ3) is 3.90. The van der Waals surface area contributed by atoms with Crippen LogP contribution in [-0.4, -0.2) is 47.7 Å². The minimum atomic E-state index is -0.877. The van der Waals surface area contributed by atoms with Crippen molar-refractivity contribution >= 4 is 23.5 Å². The molecule has 2 aliphatic rings. The van der Waals surface area contributed by atoms with Crippen LogP contribution in [0.5, 0.6) is 0 Å². The van der Waals surface area contributed by atoms with Crippen LogP contribution in [0.25, 0.3) is 0 Å². The molecule has 2 fully saturated rings. The van der Waals surface area contributed by atoms with Gasteiger partial charge in [-0.1, -0.05) is 29.8 Å². The van der Waals surface area contributed by atoms with Gasteiger partial charge in [-0.2, -0.15) is 0 Å². The molecule has 0 aromatic heterocycles. The molecule has 3 rings (SSSR count). The Labute approximate surface area is 146 Å². The number of benzene rings is 1. The van der Waals surface area contributed by atoms with Crippen molar-refractivity contribution in [1.29, 1.82) is 0 Å². The van der Waals surface area contributed by atoms with Gasteiger partial charge in [0.05, 0.1) is 6.42 Å². The van der Waals surface area contributed by atoms with Crippen LogP contribution in [0.1, 0.15) is 37.2 Å². The van der Waals surface area contributed by atoms with Crippen LogP contribution in [-0.2, 0) is 14.3 Å². The Morgan fingerprint density at radius 2 is 1.96 bits per heavy atom. The van der Waals surface area contributed by atoms with E-state index in [2.05, 4.69) is 0 Å². The van der Waals surface area contributed by atoms with Crippen molar-refractivity contribution in [1.82, 2.24) is 4.90 Å². The summed E-state index contributed by atoms with van der Waals surface area (Å²) in [6.07, 6.45) is 2.31. The summed E-state index contributed by atoms with van der Waals surface area (Å²) in [5.41, 5.74) is 1.02. The second kappa shape index (κ2) is 7.53. The van der Waals surface area contributed by atoms with Crippen molar-refractivity contribution in [2.24, 2.45) is 5.92 Å². The van der Waals surface area contributed by atoms with Crippen molar-refractivity contribution in [3.63, 3.8) is 0 Å². The fraction of sp³-hybridized carbons (Fsp3) is 0.556. The van der Waals surface area contributed by atoms with Crippen LogP contribution in [0.2, 0.25) is 5.02 Å². The lowest BCUT2D eigenvalue weighted by Gasteiger charge is -2.34. The van der Waals surface area contributed by atoms with Gasteiger partial charge < -0.3 is 14.7 Å². The minimum Gasteiger partial charge on any atom is -0.481 e. The summed E-state index contributed by atoms with van der Waals surface area (Å²) < 4.78 is 5.37. The summed E-state index contributed by atoms with van der Waals surface area (Å²) >= 11 is 6.24. The number of carboxylic acid groups (broad SMARTS) is 1. The number of amides is 1. The summed E-state index contributed by atoms with van der Waals surface area (Å²) in [5, 5.41) is 9.68. The van der Waals surface area contributed by atoms with Gasteiger partial charge in [0.2, 0.25) is 5.91 Å². The van der Waals surface area contributed by atoms with Gasteiger partial charge in [-0.3, -0.25) is 9.59 Å². The molecule has 1 N–H and O–H groups in total. The molecule has 2 atom stereocenters. The number of halogens is 1. The molecule has 1 aliphatic heterocycles. The van der Waals surface area contributed by atoms with Crippen LogP contribution in [0.4, 0.5) is 0 Å². The summed E-state index contributed by atoms with van der Waals surface area (Å²) in [4.78, 5) is 25.7. The zero-order chi connectivity index (χ0) is 17.1. The highest BCUT2D eigenvalue weighted by molar-refractivity contribution is 6.31. The molecule has 1 aromatic rings. The Morgan fingerprint density at radius 3 is 2.62 bits per heavy atom. The normalized spacial score (nSPS) is 23.7. The maximum Gasteiger partial charge on any atom is 0.305 e. The number of ether oxygens (including phenoxy) is 1. The Morgan fingerprint density at radius 1 is 1.25 bits per heavy atom. The van der Waals surface area contributed by atoms with Gasteiger partial charge in [0.15, 0.2) is 0 Å². The first-order valence-corrected chi connectivity index (χ1v) is 8.80. The van der Waals surface area contributed by atoms with E-state index < -0.39 is 5.97 Å². The molecule has 0 spiro atoms. The molecule has 0 bridgehead atoms. The number of rotatable bonds is 6. The van der Waals surface area contributed by atoms with Crippen molar-refractivity contribution < 1.29 is 19.4 Å².